The van der Waals surface area contributed by atoms with Crippen LogP contribution >= 0.6 is 0 Å². The van der Waals surface area contributed by atoms with Crippen molar-refractivity contribution >= 4 is 21.7 Å². The highest BCUT2D eigenvalue weighted by molar-refractivity contribution is 7.89. The number of hydrogen-bond donors (Lipinski definition) is 0. The third-order valence-corrected chi connectivity index (χ3v) is 8.51. The second-order valence-corrected chi connectivity index (χ2v) is 10.6. The molecule has 0 aromatic heterocycles. The Balaban J connectivity index is 1.49. The van der Waals surface area contributed by atoms with Gasteiger partial charge in [0, 0.05) is 44.1 Å². The van der Waals surface area contributed by atoms with Gasteiger partial charge in [-0.1, -0.05) is 55.8 Å². The molecule has 7 heteroatoms. The van der Waals surface area contributed by atoms with Gasteiger partial charge in [0.05, 0.1) is 4.90 Å². The lowest BCUT2D eigenvalue weighted by Crippen LogP contribution is -2.40. The van der Waals surface area contributed by atoms with E-state index in [9.17, 15) is 18.0 Å². The summed E-state index contributed by atoms with van der Waals surface area (Å²) in [5.41, 5.74) is 2.82. The molecule has 178 valence electrons. The average molecular weight is 471 g/mol. The molecule has 1 heterocycles. The van der Waals surface area contributed by atoms with Crippen LogP contribution in [0.15, 0.2) is 53.4 Å². The smallest absolute Gasteiger partial charge is 0.243 e. The summed E-state index contributed by atoms with van der Waals surface area (Å²) >= 11 is 0. The van der Waals surface area contributed by atoms with Crippen LogP contribution in [-0.2, 0) is 21.2 Å². The zero-order valence-electron chi connectivity index (χ0n) is 19.8. The van der Waals surface area contributed by atoms with Crippen LogP contribution < -0.4 is 0 Å². The number of piperidine rings is 1. The largest absolute Gasteiger partial charge is 0.343 e. The summed E-state index contributed by atoms with van der Waals surface area (Å²) in [6.07, 6.45) is 2.32. The molecule has 0 unspecified atom stereocenters. The number of ketones is 1. The summed E-state index contributed by atoms with van der Waals surface area (Å²) in [6, 6.07) is 14.5. The summed E-state index contributed by atoms with van der Waals surface area (Å²) in [5.74, 6) is 0.218. The van der Waals surface area contributed by atoms with Gasteiger partial charge >= 0.3 is 0 Å². The van der Waals surface area contributed by atoms with Gasteiger partial charge in [0.15, 0.2) is 5.78 Å². The molecule has 3 rings (SSSR count). The molecule has 1 saturated heterocycles. The zero-order chi connectivity index (χ0) is 24.0. The maximum Gasteiger partial charge on any atom is 0.243 e. The number of rotatable bonds is 9. The Hall–Kier alpha value is -2.51. The summed E-state index contributed by atoms with van der Waals surface area (Å²) in [4.78, 5) is 27.5. The molecule has 1 aliphatic rings. The van der Waals surface area contributed by atoms with Gasteiger partial charge in [0.1, 0.15) is 0 Å². The van der Waals surface area contributed by atoms with Crippen molar-refractivity contribution in [1.82, 2.24) is 9.21 Å². The van der Waals surface area contributed by atoms with Crippen LogP contribution in [0.25, 0.3) is 0 Å². The second kappa shape index (κ2) is 11.1. The number of nitrogens with zero attached hydrogens (tertiary/aromatic N) is 2. The standard InChI is InChI=1S/C26H34N2O4S/c1-4-28(5-2)33(31,32)24-13-8-21(9-14-24)10-15-25(29)27-18-16-23(17-19-27)26(30)22-11-6-20(3)7-12-22/h6-9,11-14,23H,4-5,10,15-19H2,1-3H3. The maximum atomic E-state index is 12.7. The van der Waals surface area contributed by atoms with Gasteiger partial charge in [0.2, 0.25) is 15.9 Å². The Kier molecular flexibility index (Phi) is 8.43. The molecule has 1 fully saturated rings. The fourth-order valence-electron chi connectivity index (χ4n) is 4.29. The molecule has 2 aromatic rings. The topological polar surface area (TPSA) is 74.8 Å². The molecule has 0 aliphatic carbocycles. The first-order valence-corrected chi connectivity index (χ1v) is 13.2. The van der Waals surface area contributed by atoms with E-state index in [1.807, 2.05) is 49.9 Å². The van der Waals surface area contributed by atoms with E-state index >= 15 is 0 Å². The average Bonchev–Trinajstić information content (AvgIpc) is 2.83. The van der Waals surface area contributed by atoms with Crippen molar-refractivity contribution in [1.29, 1.82) is 0 Å². The van der Waals surface area contributed by atoms with Crippen LogP contribution in [-0.4, -0.2) is 55.5 Å². The molecule has 0 spiro atoms. The van der Waals surface area contributed by atoms with Crippen LogP contribution in [0.2, 0.25) is 0 Å². The van der Waals surface area contributed by atoms with Crippen LogP contribution in [0.5, 0.6) is 0 Å². The van der Waals surface area contributed by atoms with E-state index in [1.54, 1.807) is 24.3 Å². The first kappa shape index (κ1) is 25.1. The van der Waals surface area contributed by atoms with Gasteiger partial charge in [-0.05, 0) is 43.9 Å². The predicted molar refractivity (Wildman–Crippen MR) is 130 cm³/mol. The van der Waals surface area contributed by atoms with E-state index < -0.39 is 10.0 Å². The molecule has 0 atom stereocenters. The zero-order valence-corrected chi connectivity index (χ0v) is 20.6. The lowest BCUT2D eigenvalue weighted by molar-refractivity contribution is -0.132. The van der Waals surface area contributed by atoms with Crippen molar-refractivity contribution < 1.29 is 18.0 Å². The van der Waals surface area contributed by atoms with E-state index in [4.69, 9.17) is 0 Å². The molecule has 1 aliphatic heterocycles. The van der Waals surface area contributed by atoms with E-state index in [-0.39, 0.29) is 22.5 Å². The van der Waals surface area contributed by atoms with Crippen molar-refractivity contribution in [3.05, 3.63) is 65.2 Å². The highest BCUT2D eigenvalue weighted by Gasteiger charge is 2.28. The number of hydrogen-bond acceptors (Lipinski definition) is 4. The van der Waals surface area contributed by atoms with Gasteiger partial charge in [-0.3, -0.25) is 9.59 Å². The second-order valence-electron chi connectivity index (χ2n) is 8.62. The van der Waals surface area contributed by atoms with Gasteiger partial charge < -0.3 is 4.90 Å². The Morgan fingerprint density at radius 3 is 2.06 bits per heavy atom. The van der Waals surface area contributed by atoms with E-state index in [1.165, 1.54) is 4.31 Å². The first-order chi connectivity index (χ1) is 15.8. The molecule has 6 nitrogen and oxygen atoms in total. The molecule has 0 radical (unpaired) electrons. The molecule has 2 aromatic carbocycles. The Bertz CT molecular complexity index is 1050. The van der Waals surface area contributed by atoms with Gasteiger partial charge in [0.25, 0.3) is 0 Å². The number of sulfonamides is 1. The Morgan fingerprint density at radius 2 is 1.52 bits per heavy atom. The lowest BCUT2D eigenvalue weighted by Gasteiger charge is -2.31. The lowest BCUT2D eigenvalue weighted by atomic mass is 9.88. The Labute approximate surface area is 197 Å². The number of amides is 1. The molecule has 33 heavy (non-hydrogen) atoms. The summed E-state index contributed by atoms with van der Waals surface area (Å²) in [6.45, 7) is 7.71. The Morgan fingerprint density at radius 1 is 0.939 bits per heavy atom. The first-order valence-electron chi connectivity index (χ1n) is 11.7. The van der Waals surface area contributed by atoms with Crippen molar-refractivity contribution in [3.63, 3.8) is 0 Å². The monoisotopic (exact) mass is 470 g/mol. The number of Topliss-reactive ketones (excluding diaryl/α,β-unsaturated/α-hetero) is 1. The minimum Gasteiger partial charge on any atom is -0.343 e. The molecule has 0 N–H and O–H groups in total. The molecular weight excluding hydrogens is 436 g/mol. The van der Waals surface area contributed by atoms with E-state index in [0.29, 0.717) is 51.9 Å². The minimum absolute atomic E-state index is 0.0305. The van der Waals surface area contributed by atoms with Crippen molar-refractivity contribution in [2.45, 2.75) is 51.3 Å². The van der Waals surface area contributed by atoms with E-state index in [2.05, 4.69) is 0 Å². The SMILES string of the molecule is CCN(CC)S(=O)(=O)c1ccc(CCC(=O)N2CCC(C(=O)c3ccc(C)cc3)CC2)cc1. The van der Waals surface area contributed by atoms with Gasteiger partial charge in [-0.25, -0.2) is 8.42 Å². The van der Waals surface area contributed by atoms with E-state index in [0.717, 1.165) is 16.7 Å². The third-order valence-electron chi connectivity index (χ3n) is 6.45. The molecule has 0 saturated carbocycles. The maximum absolute atomic E-state index is 12.7. The van der Waals surface area contributed by atoms with Gasteiger partial charge in [-0.15, -0.1) is 0 Å². The highest BCUT2D eigenvalue weighted by Crippen LogP contribution is 2.23. The normalized spacial score (nSPS) is 15.1. The fourth-order valence-corrected chi connectivity index (χ4v) is 5.75. The molecule has 0 bridgehead atoms. The van der Waals surface area contributed by atoms with Crippen molar-refractivity contribution in [3.8, 4) is 0 Å². The quantitative estimate of drug-likeness (QED) is 0.518. The van der Waals surface area contributed by atoms with Crippen LogP contribution in [0, 0.1) is 12.8 Å². The number of likely N-dealkylation sites (tertiary alicyclic amines) is 1. The third kappa shape index (κ3) is 6.09. The molecule has 1 amide bonds. The summed E-state index contributed by atoms with van der Waals surface area (Å²) in [7, 11) is -3.47. The minimum atomic E-state index is -3.47. The summed E-state index contributed by atoms with van der Waals surface area (Å²) in [5, 5.41) is 0. The fraction of sp³-hybridized carbons (Fsp3) is 0.462. The predicted octanol–water partition coefficient (Wildman–Crippen LogP) is 4.08. The van der Waals surface area contributed by atoms with Gasteiger partial charge in [-0.2, -0.15) is 4.31 Å². The highest BCUT2D eigenvalue weighted by atomic mass is 32.2. The number of aryl methyl sites for hydroxylation is 2. The van der Waals surface area contributed by atoms with Crippen molar-refractivity contribution in [2.24, 2.45) is 5.92 Å². The number of carbonyl (C=O) groups excluding carboxylic acids is 2. The number of benzene rings is 2. The number of carbonyl (C=O) groups is 2. The van der Waals surface area contributed by atoms with Crippen molar-refractivity contribution in [2.75, 3.05) is 26.2 Å². The van der Waals surface area contributed by atoms with Crippen LogP contribution in [0.3, 0.4) is 0 Å². The van der Waals surface area contributed by atoms with Crippen LogP contribution in [0.1, 0.15) is 54.6 Å². The molecular formula is C26H34N2O4S. The van der Waals surface area contributed by atoms with Crippen LogP contribution in [0.4, 0.5) is 0 Å². The summed E-state index contributed by atoms with van der Waals surface area (Å²) < 4.78 is 26.6.